The molecule has 0 saturated carbocycles. The number of hydrogen-bond donors (Lipinski definition) is 0. The molecule has 15 heavy (non-hydrogen) atoms. The summed E-state index contributed by atoms with van der Waals surface area (Å²) >= 11 is 0. The van der Waals surface area contributed by atoms with E-state index < -0.39 is 5.97 Å². The number of aryl methyl sites for hydroxylation is 1. The van der Waals surface area contributed by atoms with Crippen LogP contribution in [0.3, 0.4) is 0 Å². The average molecular weight is 210 g/mol. The second-order valence-electron chi connectivity index (χ2n) is 3.28. The molecule has 0 bridgehead atoms. The monoisotopic (exact) mass is 210 g/mol. The maximum absolute atomic E-state index is 5.21. The zero-order valence-corrected chi connectivity index (χ0v) is 9.53. The van der Waals surface area contributed by atoms with E-state index in [9.17, 15) is 0 Å². The van der Waals surface area contributed by atoms with Gasteiger partial charge in [-0.05, 0) is 12.0 Å². The van der Waals surface area contributed by atoms with Crippen LogP contribution in [0, 0.1) is 0 Å². The molecular weight excluding hydrogens is 192 g/mol. The molecule has 1 aromatic rings. The molecule has 0 amide bonds. The van der Waals surface area contributed by atoms with Crippen LogP contribution in [0.25, 0.3) is 0 Å². The van der Waals surface area contributed by atoms with Crippen LogP contribution in [-0.2, 0) is 20.6 Å². The Balaban J connectivity index is 2.54. The summed E-state index contributed by atoms with van der Waals surface area (Å²) in [5.74, 6) is -0.921. The molecule has 3 heteroatoms. The lowest BCUT2D eigenvalue weighted by Crippen LogP contribution is -2.36. The Labute approximate surface area is 91.0 Å². The van der Waals surface area contributed by atoms with Crippen molar-refractivity contribution in [1.82, 2.24) is 0 Å². The molecule has 0 aliphatic carbocycles. The summed E-state index contributed by atoms with van der Waals surface area (Å²) < 4.78 is 15.6. The third-order valence-electron chi connectivity index (χ3n) is 2.50. The van der Waals surface area contributed by atoms with Gasteiger partial charge in [-0.3, -0.25) is 0 Å². The number of benzene rings is 1. The minimum Gasteiger partial charge on any atom is -0.331 e. The van der Waals surface area contributed by atoms with Crippen LogP contribution < -0.4 is 0 Å². The largest absolute Gasteiger partial charge is 0.331 e. The number of rotatable bonds is 6. The van der Waals surface area contributed by atoms with Crippen molar-refractivity contribution in [2.45, 2.75) is 18.8 Å². The quantitative estimate of drug-likeness (QED) is 0.674. The first-order chi connectivity index (χ1) is 7.26. The Kier molecular flexibility index (Phi) is 4.75. The summed E-state index contributed by atoms with van der Waals surface area (Å²) in [6.45, 7) is 0. The highest BCUT2D eigenvalue weighted by molar-refractivity contribution is 5.14. The number of hydrogen-bond acceptors (Lipinski definition) is 3. The van der Waals surface area contributed by atoms with Crippen LogP contribution in [-0.4, -0.2) is 27.3 Å². The van der Waals surface area contributed by atoms with Gasteiger partial charge in [-0.15, -0.1) is 0 Å². The lowest BCUT2D eigenvalue weighted by Gasteiger charge is -2.28. The maximum atomic E-state index is 5.21. The van der Waals surface area contributed by atoms with E-state index in [-0.39, 0.29) is 0 Å². The Morgan fingerprint density at radius 1 is 0.933 bits per heavy atom. The van der Waals surface area contributed by atoms with Gasteiger partial charge in [-0.2, -0.15) is 0 Å². The standard InChI is InChI=1S/C12H18O3/c1-13-12(14-2,15-3)10-9-11-7-5-4-6-8-11/h4-8H,9-10H2,1-3H3. The zero-order chi connectivity index (χ0) is 11.1. The summed E-state index contributed by atoms with van der Waals surface area (Å²) in [4.78, 5) is 0. The minimum absolute atomic E-state index is 0.667. The molecule has 84 valence electrons. The summed E-state index contributed by atoms with van der Waals surface area (Å²) in [6, 6.07) is 10.2. The van der Waals surface area contributed by atoms with Crippen molar-refractivity contribution >= 4 is 0 Å². The SMILES string of the molecule is COC(CCc1ccccc1)(OC)OC. The van der Waals surface area contributed by atoms with Gasteiger partial charge in [-0.25, -0.2) is 0 Å². The van der Waals surface area contributed by atoms with Gasteiger partial charge in [0.15, 0.2) is 0 Å². The van der Waals surface area contributed by atoms with Gasteiger partial charge in [0.25, 0.3) is 5.97 Å². The molecule has 0 aromatic heterocycles. The van der Waals surface area contributed by atoms with E-state index in [0.717, 1.165) is 6.42 Å². The first-order valence-electron chi connectivity index (χ1n) is 4.95. The minimum atomic E-state index is -0.921. The third kappa shape index (κ3) is 3.30. The first kappa shape index (κ1) is 12.2. The predicted octanol–water partition coefficient (Wildman–Crippen LogP) is 2.21. The highest BCUT2D eigenvalue weighted by atomic mass is 16.9. The fraction of sp³-hybridized carbons (Fsp3) is 0.500. The molecule has 1 rings (SSSR count). The van der Waals surface area contributed by atoms with Crippen molar-refractivity contribution in [1.29, 1.82) is 0 Å². The van der Waals surface area contributed by atoms with Crippen molar-refractivity contribution in [2.24, 2.45) is 0 Å². The van der Waals surface area contributed by atoms with Gasteiger partial charge in [-0.1, -0.05) is 30.3 Å². The first-order valence-corrected chi connectivity index (χ1v) is 4.95. The van der Waals surface area contributed by atoms with Crippen LogP contribution in [0.5, 0.6) is 0 Å². The van der Waals surface area contributed by atoms with Crippen LogP contribution >= 0.6 is 0 Å². The topological polar surface area (TPSA) is 27.7 Å². The Hall–Kier alpha value is -0.900. The summed E-state index contributed by atoms with van der Waals surface area (Å²) in [6.07, 6.45) is 1.52. The van der Waals surface area contributed by atoms with E-state index in [1.165, 1.54) is 5.56 Å². The second-order valence-corrected chi connectivity index (χ2v) is 3.28. The fourth-order valence-electron chi connectivity index (χ4n) is 1.50. The van der Waals surface area contributed by atoms with Crippen LogP contribution in [0.2, 0.25) is 0 Å². The van der Waals surface area contributed by atoms with E-state index >= 15 is 0 Å². The van der Waals surface area contributed by atoms with Gasteiger partial charge < -0.3 is 14.2 Å². The molecule has 0 aliphatic heterocycles. The molecule has 0 unspecified atom stereocenters. The highest BCUT2D eigenvalue weighted by Gasteiger charge is 2.28. The number of ether oxygens (including phenoxy) is 3. The van der Waals surface area contributed by atoms with Crippen LogP contribution in [0.4, 0.5) is 0 Å². The van der Waals surface area contributed by atoms with Crippen molar-refractivity contribution in [2.75, 3.05) is 21.3 Å². The molecule has 0 atom stereocenters. The molecule has 0 spiro atoms. The third-order valence-corrected chi connectivity index (χ3v) is 2.50. The molecule has 0 N–H and O–H groups in total. The normalized spacial score (nSPS) is 11.7. The molecular formula is C12H18O3. The summed E-state index contributed by atoms with van der Waals surface area (Å²) in [7, 11) is 4.74. The molecule has 0 fully saturated rings. The van der Waals surface area contributed by atoms with Crippen LogP contribution in [0.1, 0.15) is 12.0 Å². The van der Waals surface area contributed by atoms with Crippen molar-refractivity contribution in [3.8, 4) is 0 Å². The fourth-order valence-corrected chi connectivity index (χ4v) is 1.50. The molecule has 0 heterocycles. The average Bonchev–Trinajstić information content (AvgIpc) is 2.33. The maximum Gasteiger partial charge on any atom is 0.282 e. The van der Waals surface area contributed by atoms with E-state index in [1.807, 2.05) is 18.2 Å². The van der Waals surface area contributed by atoms with E-state index in [2.05, 4.69) is 12.1 Å². The lowest BCUT2D eigenvalue weighted by atomic mass is 10.1. The van der Waals surface area contributed by atoms with E-state index in [4.69, 9.17) is 14.2 Å². The highest BCUT2D eigenvalue weighted by Crippen LogP contribution is 2.19. The van der Waals surface area contributed by atoms with Gasteiger partial charge in [0.1, 0.15) is 0 Å². The Bertz CT molecular complexity index is 259. The molecule has 0 radical (unpaired) electrons. The van der Waals surface area contributed by atoms with Gasteiger partial charge >= 0.3 is 0 Å². The Morgan fingerprint density at radius 2 is 1.47 bits per heavy atom. The number of methoxy groups -OCH3 is 3. The lowest BCUT2D eigenvalue weighted by molar-refractivity contribution is -0.354. The second kappa shape index (κ2) is 5.85. The predicted molar refractivity (Wildman–Crippen MR) is 58.5 cm³/mol. The zero-order valence-electron chi connectivity index (χ0n) is 9.53. The van der Waals surface area contributed by atoms with Crippen molar-refractivity contribution < 1.29 is 14.2 Å². The van der Waals surface area contributed by atoms with Crippen LogP contribution in [0.15, 0.2) is 30.3 Å². The van der Waals surface area contributed by atoms with Crippen molar-refractivity contribution in [3.05, 3.63) is 35.9 Å². The van der Waals surface area contributed by atoms with Gasteiger partial charge in [0.05, 0.1) is 0 Å². The van der Waals surface area contributed by atoms with E-state index in [0.29, 0.717) is 6.42 Å². The molecule has 0 aliphatic rings. The molecule has 1 aromatic carbocycles. The molecule has 3 nitrogen and oxygen atoms in total. The van der Waals surface area contributed by atoms with Crippen molar-refractivity contribution in [3.63, 3.8) is 0 Å². The summed E-state index contributed by atoms with van der Waals surface area (Å²) in [5.41, 5.74) is 1.24. The van der Waals surface area contributed by atoms with Gasteiger partial charge in [0, 0.05) is 27.8 Å². The molecule has 0 saturated heterocycles. The smallest absolute Gasteiger partial charge is 0.282 e. The Morgan fingerprint density at radius 3 is 1.93 bits per heavy atom. The van der Waals surface area contributed by atoms with Gasteiger partial charge in [0.2, 0.25) is 0 Å². The summed E-state index contributed by atoms with van der Waals surface area (Å²) in [5, 5.41) is 0. The van der Waals surface area contributed by atoms with E-state index in [1.54, 1.807) is 21.3 Å².